The van der Waals surface area contributed by atoms with Crippen molar-refractivity contribution >= 4 is 35.7 Å². The topological polar surface area (TPSA) is 202 Å². The third-order valence-corrected chi connectivity index (χ3v) is 28.3. The molecule has 0 aromatic carbocycles. The fourth-order valence-electron chi connectivity index (χ4n) is 23.9. The Balaban J connectivity index is 1.16. The van der Waals surface area contributed by atoms with Gasteiger partial charge in [-0.05, 0) is 299 Å². The first-order valence-corrected chi connectivity index (χ1v) is 53.1. The first kappa shape index (κ1) is 108. The maximum Gasteiger partial charge on any atom is 0.232 e. The van der Waals surface area contributed by atoms with Crippen LogP contribution in [0.4, 0.5) is 35.7 Å². The van der Waals surface area contributed by atoms with Crippen LogP contribution in [0.25, 0.3) is 0 Å². The number of unbranched alkanes of at least 4 members (excludes halogenated alkanes) is 15. The molecule has 22 heteroatoms. The van der Waals surface area contributed by atoms with Crippen LogP contribution in [0.15, 0.2) is 0 Å². The van der Waals surface area contributed by atoms with Crippen LogP contribution in [0.3, 0.4) is 0 Å². The van der Waals surface area contributed by atoms with E-state index in [0.717, 1.165) is 350 Å². The minimum Gasteiger partial charge on any atom is -0.341 e. The Bertz CT molecular complexity index is 3450. The predicted molar refractivity (Wildman–Crippen MR) is 544 cm³/mol. The van der Waals surface area contributed by atoms with Crippen molar-refractivity contribution in [2.24, 2.45) is 0 Å². The lowest BCUT2D eigenvalue weighted by atomic mass is 9.79. The van der Waals surface area contributed by atoms with Gasteiger partial charge in [-0.15, -0.1) is 0 Å². The standard InChI is InChI=1S/C105H200N22/c1-30-39-56-81(57-40-31-2)89-106-87(107-90(110-89)120(58-41-32-3)59-42-33-4)79-123(82-69-96(10,11)115-97(12,13)70-82)64-52-48-50-54-67-126(85-75-102(22,23)118-103(24,25)76-85)94-109-88(108-93(114-94)125(66-47-38-9)84-73-100(18,19)117-101(20,21)74-84)80-124(83-71-98(14,15)116-99(16,17)72-83)65-53-49-51-55-68-127(86-77-104(26,27)119-105(28,29)78-86)95-112-91(121(60-43-34-5)61-44-35-6)111-92(113-95)122(62-45-36-7)63-46-37-8/h81-86,115-119H,30-80H2,1-29H3. The van der Waals surface area contributed by atoms with E-state index in [4.69, 9.17) is 44.9 Å². The number of nitrogens with zero attached hydrogens (tertiary/aromatic N) is 17. The second-order valence-electron chi connectivity index (χ2n) is 47.5. The van der Waals surface area contributed by atoms with Gasteiger partial charge in [0.25, 0.3) is 0 Å². The predicted octanol–water partition coefficient (Wildman–Crippen LogP) is 22.8. The molecule has 3 aromatic rings. The van der Waals surface area contributed by atoms with Crippen molar-refractivity contribution in [3.8, 4) is 0 Å². The molecular formula is C105H200N22. The number of aromatic nitrogens is 9. The summed E-state index contributed by atoms with van der Waals surface area (Å²) in [6, 6.07) is 1.43. The Morgan fingerprint density at radius 2 is 0.441 bits per heavy atom. The molecule has 127 heavy (non-hydrogen) atoms. The van der Waals surface area contributed by atoms with Crippen molar-refractivity contribution in [3.63, 3.8) is 0 Å². The van der Waals surface area contributed by atoms with E-state index < -0.39 is 0 Å². The van der Waals surface area contributed by atoms with Crippen molar-refractivity contribution in [1.29, 1.82) is 0 Å². The second kappa shape index (κ2) is 49.2. The Labute approximate surface area is 780 Å². The van der Waals surface area contributed by atoms with Crippen LogP contribution >= 0.6 is 0 Å². The second-order valence-corrected chi connectivity index (χ2v) is 47.5. The smallest absolute Gasteiger partial charge is 0.232 e. The highest BCUT2D eigenvalue weighted by Gasteiger charge is 2.47. The number of hydrogen-bond acceptors (Lipinski definition) is 22. The summed E-state index contributed by atoms with van der Waals surface area (Å²) in [5.41, 5.74) is -0.594. The van der Waals surface area contributed by atoms with E-state index >= 15 is 0 Å². The minimum absolute atomic E-state index is 0.0115. The van der Waals surface area contributed by atoms with Crippen molar-refractivity contribution < 1.29 is 0 Å². The van der Waals surface area contributed by atoms with E-state index in [1.807, 2.05) is 0 Å². The molecule has 5 aliphatic heterocycles. The molecule has 0 bridgehead atoms. The molecule has 0 unspecified atom stereocenters. The molecular weight excluding hydrogens is 1570 g/mol. The Hall–Kier alpha value is -4.45. The van der Waals surface area contributed by atoms with Crippen LogP contribution in [0.5, 0.6) is 0 Å². The quantitative estimate of drug-likeness (QED) is 0.0334. The number of anilines is 6. The zero-order valence-electron chi connectivity index (χ0n) is 88.1. The van der Waals surface area contributed by atoms with Crippen molar-refractivity contribution in [2.45, 2.75) is 549 Å². The minimum atomic E-state index is -0.0996. The Morgan fingerprint density at radius 3 is 0.724 bits per heavy atom. The summed E-state index contributed by atoms with van der Waals surface area (Å²) < 4.78 is 0. The van der Waals surface area contributed by atoms with E-state index in [2.05, 4.69) is 267 Å². The van der Waals surface area contributed by atoms with Gasteiger partial charge >= 0.3 is 0 Å². The maximum absolute atomic E-state index is 6.01. The van der Waals surface area contributed by atoms with Crippen molar-refractivity contribution in [3.05, 3.63) is 17.5 Å². The highest BCUT2D eigenvalue weighted by Crippen LogP contribution is 2.42. The molecule has 0 saturated carbocycles. The lowest BCUT2D eigenvalue weighted by Crippen LogP contribution is -2.63. The van der Waals surface area contributed by atoms with Crippen LogP contribution < -0.4 is 56.0 Å². The molecule has 0 amide bonds. The molecule has 0 spiro atoms. The molecule has 0 aliphatic carbocycles. The summed E-state index contributed by atoms with van der Waals surface area (Å²) in [4.78, 5) is 72.7. The Morgan fingerprint density at radius 1 is 0.228 bits per heavy atom. The van der Waals surface area contributed by atoms with Gasteiger partial charge < -0.3 is 56.0 Å². The average molecular weight is 1770 g/mol. The third-order valence-electron chi connectivity index (χ3n) is 28.3. The Kier molecular flexibility index (Phi) is 41.8. The first-order chi connectivity index (χ1) is 59.8. The molecule has 5 fully saturated rings. The first-order valence-electron chi connectivity index (χ1n) is 53.1. The van der Waals surface area contributed by atoms with Crippen LogP contribution in [0, 0.1) is 0 Å². The fourth-order valence-corrected chi connectivity index (χ4v) is 23.9. The monoisotopic (exact) mass is 1770 g/mol. The van der Waals surface area contributed by atoms with Gasteiger partial charge in [0.05, 0.1) is 13.1 Å². The van der Waals surface area contributed by atoms with Crippen molar-refractivity contribution in [2.75, 3.05) is 101 Å². The van der Waals surface area contributed by atoms with Gasteiger partial charge in [0, 0.05) is 150 Å². The molecule has 0 radical (unpaired) electrons. The summed E-state index contributed by atoms with van der Waals surface area (Å²) in [6.07, 6.45) is 41.8. The van der Waals surface area contributed by atoms with E-state index in [0.29, 0.717) is 24.5 Å². The fraction of sp³-hybridized carbons (Fsp3) is 0.914. The van der Waals surface area contributed by atoms with Crippen LogP contribution in [0.1, 0.15) is 468 Å². The van der Waals surface area contributed by atoms with Crippen LogP contribution in [-0.2, 0) is 13.1 Å². The van der Waals surface area contributed by atoms with E-state index in [1.54, 1.807) is 0 Å². The summed E-state index contributed by atoms with van der Waals surface area (Å²) in [5.74, 6) is 8.51. The zero-order chi connectivity index (χ0) is 93.2. The molecule has 5 aliphatic rings. The number of rotatable bonds is 57. The number of piperidine rings is 5. The van der Waals surface area contributed by atoms with Gasteiger partial charge in [-0.25, -0.2) is 4.98 Å². The lowest BCUT2D eigenvalue weighted by Gasteiger charge is -2.50. The van der Waals surface area contributed by atoms with Gasteiger partial charge in [-0.3, -0.25) is 9.80 Å². The van der Waals surface area contributed by atoms with E-state index in [1.165, 1.54) is 25.7 Å². The van der Waals surface area contributed by atoms with Crippen molar-refractivity contribution in [1.82, 2.24) is 81.2 Å². The maximum atomic E-state index is 6.01. The summed E-state index contributed by atoms with van der Waals surface area (Å²) >= 11 is 0. The molecule has 5 saturated heterocycles. The number of nitrogens with one attached hydrogen (secondary N) is 5. The molecule has 3 aromatic heterocycles. The normalized spacial score (nSPS) is 20.4. The van der Waals surface area contributed by atoms with Gasteiger partial charge in [0.15, 0.2) is 0 Å². The van der Waals surface area contributed by atoms with Gasteiger partial charge in [0.1, 0.15) is 17.5 Å². The van der Waals surface area contributed by atoms with Gasteiger partial charge in [0.2, 0.25) is 35.7 Å². The molecule has 730 valence electrons. The SMILES string of the molecule is CCCCC(CCCC)c1nc(CN(CCCCCCN(c2nc(CN(CCCCCCN(c3nc(N(CCCC)CCCC)nc(N(CCCC)CCCC)n3)C3CC(C)(C)NC(C)(C)C3)C3CC(C)(C)NC(C)(C)C3)nc(N(CCCC)C3CC(C)(C)NC(C)(C)C3)n2)C2CC(C)(C)NC(C)(C)C2)C2CC(C)(C)NC(C)(C)C2)nc(N(CCCC)CCCC)n1. The molecule has 0 atom stereocenters. The van der Waals surface area contributed by atoms with Crippen LogP contribution in [0.2, 0.25) is 0 Å². The zero-order valence-corrected chi connectivity index (χ0v) is 88.1. The summed E-state index contributed by atoms with van der Waals surface area (Å²) in [7, 11) is 0. The summed E-state index contributed by atoms with van der Waals surface area (Å²) in [5, 5.41) is 20.4. The van der Waals surface area contributed by atoms with E-state index in [-0.39, 0.29) is 73.5 Å². The molecule has 5 N–H and O–H groups in total. The largest absolute Gasteiger partial charge is 0.341 e. The van der Waals surface area contributed by atoms with Gasteiger partial charge in [-0.1, -0.05) is 159 Å². The molecule has 8 heterocycles. The van der Waals surface area contributed by atoms with Crippen LogP contribution in [-0.4, -0.2) is 212 Å². The third kappa shape index (κ3) is 35.4. The molecule has 22 nitrogen and oxygen atoms in total. The molecule has 8 rings (SSSR count). The summed E-state index contributed by atoms with van der Waals surface area (Å²) in [6.45, 7) is 81.2. The highest BCUT2D eigenvalue weighted by molar-refractivity contribution is 5.48. The van der Waals surface area contributed by atoms with E-state index in [9.17, 15) is 0 Å². The lowest BCUT2D eigenvalue weighted by molar-refractivity contribution is 0.0582. The average Bonchev–Trinajstić information content (AvgIpc) is 0.762. The van der Waals surface area contributed by atoms with Gasteiger partial charge in [-0.2, -0.15) is 39.9 Å². The number of hydrogen-bond donors (Lipinski definition) is 5. The highest BCUT2D eigenvalue weighted by atomic mass is 15.4.